The molecule has 1 heterocycles. The van der Waals surface area contributed by atoms with Crippen molar-refractivity contribution < 1.29 is 4.39 Å². The molecule has 6 heteroatoms. The summed E-state index contributed by atoms with van der Waals surface area (Å²) < 4.78 is 14.1. The molecule has 1 aliphatic heterocycles. The first kappa shape index (κ1) is 19.7. The van der Waals surface area contributed by atoms with Crippen molar-refractivity contribution in [3.05, 3.63) is 65.5 Å². The van der Waals surface area contributed by atoms with E-state index in [9.17, 15) is 4.39 Å². The van der Waals surface area contributed by atoms with Gasteiger partial charge in [0.25, 0.3) is 0 Å². The van der Waals surface area contributed by atoms with Gasteiger partial charge in [-0.1, -0.05) is 24.3 Å². The molecule has 0 aromatic heterocycles. The number of guanidine groups is 1. The standard InChI is InChI=1S/C22H26FN5/c1-2-25-22(26-15-18-11-10-17(14-24)13-21(18)23)27-19-7-6-12-28(16-19)20-8-4-3-5-9-20/h3-5,8-11,13,19H,2,6-7,12,15-16H2,1H3,(H2,25,26,27). The van der Waals surface area contributed by atoms with Gasteiger partial charge < -0.3 is 15.5 Å². The monoisotopic (exact) mass is 379 g/mol. The highest BCUT2D eigenvalue weighted by atomic mass is 19.1. The van der Waals surface area contributed by atoms with Gasteiger partial charge in [-0.15, -0.1) is 0 Å². The minimum Gasteiger partial charge on any atom is -0.369 e. The molecule has 0 saturated carbocycles. The third kappa shape index (κ3) is 5.23. The second-order valence-electron chi connectivity index (χ2n) is 6.88. The predicted molar refractivity (Wildman–Crippen MR) is 111 cm³/mol. The molecule has 0 spiro atoms. The molecule has 3 rings (SSSR count). The van der Waals surface area contributed by atoms with Gasteiger partial charge in [-0.2, -0.15) is 5.26 Å². The lowest BCUT2D eigenvalue weighted by Crippen LogP contribution is -2.51. The lowest BCUT2D eigenvalue weighted by Gasteiger charge is -2.35. The van der Waals surface area contributed by atoms with Crippen LogP contribution in [0.25, 0.3) is 0 Å². The van der Waals surface area contributed by atoms with Crippen molar-refractivity contribution in [3.8, 4) is 6.07 Å². The number of rotatable bonds is 5. The van der Waals surface area contributed by atoms with Crippen LogP contribution in [0.15, 0.2) is 53.5 Å². The zero-order valence-corrected chi connectivity index (χ0v) is 16.2. The maximum atomic E-state index is 14.1. The highest BCUT2D eigenvalue weighted by Crippen LogP contribution is 2.19. The lowest BCUT2D eigenvalue weighted by molar-refractivity contribution is 0.468. The topological polar surface area (TPSA) is 63.5 Å². The van der Waals surface area contributed by atoms with Gasteiger partial charge in [-0.25, -0.2) is 9.38 Å². The number of anilines is 1. The summed E-state index contributed by atoms with van der Waals surface area (Å²) in [5.41, 5.74) is 2.03. The molecule has 0 aliphatic carbocycles. The van der Waals surface area contributed by atoms with E-state index in [1.807, 2.05) is 19.1 Å². The van der Waals surface area contributed by atoms with Gasteiger partial charge >= 0.3 is 0 Å². The first-order valence-electron chi connectivity index (χ1n) is 9.73. The van der Waals surface area contributed by atoms with Crippen LogP contribution in [0.5, 0.6) is 0 Å². The minimum absolute atomic E-state index is 0.224. The van der Waals surface area contributed by atoms with Crippen LogP contribution in [0, 0.1) is 17.1 Å². The number of hydrogen-bond acceptors (Lipinski definition) is 3. The number of benzene rings is 2. The van der Waals surface area contributed by atoms with Gasteiger partial charge in [0.1, 0.15) is 5.82 Å². The Labute approximate surface area is 165 Å². The van der Waals surface area contributed by atoms with Crippen molar-refractivity contribution in [2.75, 3.05) is 24.5 Å². The first-order valence-corrected chi connectivity index (χ1v) is 9.73. The van der Waals surface area contributed by atoms with Crippen molar-refractivity contribution in [1.29, 1.82) is 5.26 Å². The van der Waals surface area contributed by atoms with Gasteiger partial charge in [0.15, 0.2) is 5.96 Å². The number of hydrogen-bond donors (Lipinski definition) is 2. The van der Waals surface area contributed by atoms with Crippen molar-refractivity contribution >= 4 is 11.6 Å². The summed E-state index contributed by atoms with van der Waals surface area (Å²) in [5.74, 6) is 0.290. The van der Waals surface area contributed by atoms with Crippen LogP contribution in [0.2, 0.25) is 0 Å². The highest BCUT2D eigenvalue weighted by molar-refractivity contribution is 5.80. The van der Waals surface area contributed by atoms with Gasteiger partial charge in [0.05, 0.1) is 18.2 Å². The van der Waals surface area contributed by atoms with Crippen LogP contribution in [0.3, 0.4) is 0 Å². The van der Waals surface area contributed by atoms with Crippen LogP contribution >= 0.6 is 0 Å². The molecule has 5 nitrogen and oxygen atoms in total. The number of nitrogens with one attached hydrogen (secondary N) is 2. The Morgan fingerprint density at radius 3 is 2.82 bits per heavy atom. The Kier molecular flexibility index (Phi) is 6.85. The normalized spacial score (nSPS) is 17.1. The Morgan fingerprint density at radius 2 is 2.11 bits per heavy atom. The molecule has 2 aromatic rings. The molecule has 1 atom stereocenters. The van der Waals surface area contributed by atoms with Crippen molar-refractivity contribution in [2.24, 2.45) is 4.99 Å². The summed E-state index contributed by atoms with van der Waals surface area (Å²) in [6.07, 6.45) is 2.18. The quantitative estimate of drug-likeness (QED) is 0.617. The third-order valence-corrected chi connectivity index (χ3v) is 4.82. The summed E-state index contributed by atoms with van der Waals surface area (Å²) in [6, 6.07) is 17.1. The smallest absolute Gasteiger partial charge is 0.191 e. The molecule has 1 unspecified atom stereocenters. The van der Waals surface area contributed by atoms with Gasteiger partial charge in [0.2, 0.25) is 0 Å². The van der Waals surface area contributed by atoms with Gasteiger partial charge in [-0.3, -0.25) is 0 Å². The third-order valence-electron chi connectivity index (χ3n) is 4.82. The van der Waals surface area contributed by atoms with Crippen LogP contribution in [-0.2, 0) is 6.54 Å². The molecule has 2 aromatic carbocycles. The Morgan fingerprint density at radius 1 is 1.29 bits per heavy atom. The maximum absolute atomic E-state index is 14.1. The zero-order valence-electron chi connectivity index (χ0n) is 16.2. The van der Waals surface area contributed by atoms with E-state index >= 15 is 0 Å². The fourth-order valence-electron chi connectivity index (χ4n) is 3.39. The predicted octanol–water partition coefficient (Wildman–Crippen LogP) is 3.42. The fourth-order valence-corrected chi connectivity index (χ4v) is 3.39. The van der Waals surface area contributed by atoms with Crippen molar-refractivity contribution in [2.45, 2.75) is 32.4 Å². The molecular weight excluding hydrogens is 353 g/mol. The molecule has 0 bridgehead atoms. The molecule has 28 heavy (non-hydrogen) atoms. The second kappa shape index (κ2) is 9.75. The molecule has 0 radical (unpaired) electrons. The largest absolute Gasteiger partial charge is 0.369 e. The Hall–Kier alpha value is -3.07. The minimum atomic E-state index is -0.397. The SMILES string of the molecule is CCNC(=NCc1ccc(C#N)cc1F)NC1CCCN(c2ccccc2)C1. The highest BCUT2D eigenvalue weighted by Gasteiger charge is 2.21. The number of piperidine rings is 1. The van der Waals surface area contributed by atoms with Crippen LogP contribution in [0.1, 0.15) is 30.9 Å². The number of para-hydroxylation sites is 1. The summed E-state index contributed by atoms with van der Waals surface area (Å²) in [7, 11) is 0. The summed E-state index contributed by atoms with van der Waals surface area (Å²) >= 11 is 0. The Balaban J connectivity index is 1.65. The molecule has 0 amide bonds. The zero-order chi connectivity index (χ0) is 19.8. The van der Waals surface area contributed by atoms with Gasteiger partial charge in [0, 0.05) is 36.9 Å². The second-order valence-corrected chi connectivity index (χ2v) is 6.88. The van der Waals surface area contributed by atoms with Crippen LogP contribution in [-0.4, -0.2) is 31.6 Å². The molecule has 1 saturated heterocycles. The number of aliphatic imine (C=N–C) groups is 1. The summed E-state index contributed by atoms with van der Waals surface area (Å²) in [6.45, 7) is 4.92. The summed E-state index contributed by atoms with van der Waals surface area (Å²) in [5, 5.41) is 15.6. The average molecular weight is 379 g/mol. The van der Waals surface area contributed by atoms with E-state index in [1.165, 1.54) is 11.8 Å². The van der Waals surface area contributed by atoms with Crippen LogP contribution < -0.4 is 15.5 Å². The van der Waals surface area contributed by atoms with E-state index in [0.717, 1.165) is 32.5 Å². The van der Waals surface area contributed by atoms with E-state index in [-0.39, 0.29) is 12.6 Å². The van der Waals surface area contributed by atoms with Crippen LogP contribution in [0.4, 0.5) is 10.1 Å². The number of halogens is 1. The molecular formula is C22H26FN5. The van der Waals surface area contributed by atoms with E-state index in [4.69, 9.17) is 5.26 Å². The maximum Gasteiger partial charge on any atom is 0.191 e. The van der Waals surface area contributed by atoms with E-state index in [0.29, 0.717) is 17.1 Å². The van der Waals surface area contributed by atoms with Gasteiger partial charge in [-0.05, 0) is 44.0 Å². The molecule has 1 aliphatic rings. The van der Waals surface area contributed by atoms with E-state index < -0.39 is 5.82 Å². The Bertz CT molecular complexity index is 844. The van der Waals surface area contributed by atoms with E-state index in [1.54, 1.807) is 12.1 Å². The van der Waals surface area contributed by atoms with Crippen molar-refractivity contribution in [1.82, 2.24) is 10.6 Å². The van der Waals surface area contributed by atoms with E-state index in [2.05, 4.69) is 44.8 Å². The summed E-state index contributed by atoms with van der Waals surface area (Å²) in [4.78, 5) is 6.92. The molecule has 2 N–H and O–H groups in total. The number of nitrogens with zero attached hydrogens (tertiary/aromatic N) is 3. The first-order chi connectivity index (χ1) is 13.7. The molecule has 146 valence electrons. The average Bonchev–Trinajstić information content (AvgIpc) is 2.73. The van der Waals surface area contributed by atoms with Crippen molar-refractivity contribution in [3.63, 3.8) is 0 Å². The molecule has 1 fully saturated rings. The number of nitriles is 1. The lowest BCUT2D eigenvalue weighted by atomic mass is 10.1. The fraction of sp³-hybridized carbons (Fsp3) is 0.364.